The molecule has 8 nitrogen and oxygen atoms in total. The lowest BCUT2D eigenvalue weighted by molar-refractivity contribution is -0.147. The highest BCUT2D eigenvalue weighted by atomic mass is 16.5. The number of anilines is 1. The van der Waals surface area contributed by atoms with Gasteiger partial charge in [-0.25, -0.2) is 4.79 Å². The zero-order valence-electron chi connectivity index (χ0n) is 15.6. The lowest BCUT2D eigenvalue weighted by atomic mass is 9.82. The molecule has 0 saturated heterocycles. The van der Waals surface area contributed by atoms with Gasteiger partial charge in [0.2, 0.25) is 5.54 Å². The van der Waals surface area contributed by atoms with Gasteiger partial charge in [-0.3, -0.25) is 0 Å². The summed E-state index contributed by atoms with van der Waals surface area (Å²) in [5.41, 5.74) is -0.0883. The Morgan fingerprint density at radius 2 is 2.23 bits per heavy atom. The molecule has 0 aromatic heterocycles. The average Bonchev–Trinajstić information content (AvgIpc) is 3.08. The maximum absolute atomic E-state index is 12.2. The molecule has 26 heavy (non-hydrogen) atoms. The molecule has 3 N–H and O–H groups in total. The SMILES string of the molecule is COC(=O)C(C)(N=O)C1CNc2cccc(OCC(O)CNC(C)C)c21. The van der Waals surface area contributed by atoms with Crippen molar-refractivity contribution in [1.82, 2.24) is 5.32 Å². The van der Waals surface area contributed by atoms with E-state index in [0.29, 0.717) is 24.4 Å². The van der Waals surface area contributed by atoms with Crippen LogP contribution in [0.15, 0.2) is 23.4 Å². The topological polar surface area (TPSA) is 109 Å². The molecule has 1 aliphatic heterocycles. The number of hydrogen-bond acceptors (Lipinski definition) is 8. The van der Waals surface area contributed by atoms with Gasteiger partial charge in [0.05, 0.1) is 7.11 Å². The van der Waals surface area contributed by atoms with E-state index < -0.39 is 23.5 Å². The molecular formula is C18H27N3O5. The first-order chi connectivity index (χ1) is 12.3. The number of aliphatic hydroxyl groups is 1. The average molecular weight is 365 g/mol. The van der Waals surface area contributed by atoms with Gasteiger partial charge < -0.3 is 25.2 Å². The Balaban J connectivity index is 2.21. The molecule has 3 unspecified atom stereocenters. The predicted octanol–water partition coefficient (Wildman–Crippen LogP) is 1.63. The largest absolute Gasteiger partial charge is 0.490 e. The maximum Gasteiger partial charge on any atom is 0.337 e. The molecule has 8 heteroatoms. The number of benzene rings is 1. The quantitative estimate of drug-likeness (QED) is 0.451. The van der Waals surface area contributed by atoms with Gasteiger partial charge in [0.15, 0.2) is 0 Å². The Kier molecular flexibility index (Phi) is 6.55. The molecule has 0 aliphatic carbocycles. The van der Waals surface area contributed by atoms with Gasteiger partial charge in [0.1, 0.15) is 18.5 Å². The van der Waals surface area contributed by atoms with E-state index in [1.165, 1.54) is 14.0 Å². The summed E-state index contributed by atoms with van der Waals surface area (Å²) < 4.78 is 10.6. The highest BCUT2D eigenvalue weighted by Gasteiger charge is 2.49. The van der Waals surface area contributed by atoms with Crippen molar-refractivity contribution in [3.63, 3.8) is 0 Å². The van der Waals surface area contributed by atoms with Crippen LogP contribution in [0.25, 0.3) is 0 Å². The second-order valence-electron chi connectivity index (χ2n) is 6.91. The Hall–Kier alpha value is -2.19. The first-order valence-corrected chi connectivity index (χ1v) is 8.67. The third-order valence-electron chi connectivity index (χ3n) is 4.57. The Morgan fingerprint density at radius 3 is 2.85 bits per heavy atom. The van der Waals surface area contributed by atoms with Gasteiger partial charge in [-0.1, -0.05) is 25.1 Å². The van der Waals surface area contributed by atoms with Crippen LogP contribution < -0.4 is 15.4 Å². The van der Waals surface area contributed by atoms with Crippen molar-refractivity contribution in [3.8, 4) is 5.75 Å². The number of nitroso groups, excluding NO2 is 1. The second-order valence-corrected chi connectivity index (χ2v) is 6.91. The van der Waals surface area contributed by atoms with Gasteiger partial charge in [0, 0.05) is 36.3 Å². The molecule has 0 spiro atoms. The number of carbonyl (C=O) groups is 1. The number of nitrogens with zero attached hydrogens (tertiary/aromatic N) is 1. The van der Waals surface area contributed by atoms with Crippen molar-refractivity contribution in [3.05, 3.63) is 28.7 Å². The molecule has 0 amide bonds. The van der Waals surface area contributed by atoms with E-state index in [9.17, 15) is 14.8 Å². The van der Waals surface area contributed by atoms with Gasteiger partial charge >= 0.3 is 5.97 Å². The number of nitrogens with one attached hydrogen (secondary N) is 2. The van der Waals surface area contributed by atoms with E-state index in [1.54, 1.807) is 6.07 Å². The number of esters is 1. The van der Waals surface area contributed by atoms with E-state index in [1.807, 2.05) is 26.0 Å². The predicted molar refractivity (Wildman–Crippen MR) is 98.5 cm³/mol. The summed E-state index contributed by atoms with van der Waals surface area (Å²) in [5, 5.41) is 19.5. The fraction of sp³-hybridized carbons (Fsp3) is 0.611. The van der Waals surface area contributed by atoms with Crippen molar-refractivity contribution in [2.24, 2.45) is 5.18 Å². The van der Waals surface area contributed by atoms with Crippen molar-refractivity contribution in [2.75, 3.05) is 32.1 Å². The van der Waals surface area contributed by atoms with Crippen molar-refractivity contribution in [2.45, 2.75) is 44.4 Å². The van der Waals surface area contributed by atoms with Gasteiger partial charge in [-0.15, -0.1) is 4.91 Å². The lowest BCUT2D eigenvalue weighted by Gasteiger charge is -2.26. The molecule has 0 fully saturated rings. The maximum atomic E-state index is 12.2. The smallest absolute Gasteiger partial charge is 0.337 e. The van der Waals surface area contributed by atoms with E-state index >= 15 is 0 Å². The molecule has 1 heterocycles. The summed E-state index contributed by atoms with van der Waals surface area (Å²) in [4.78, 5) is 23.6. The normalized spacial score (nSPS) is 19.2. The van der Waals surface area contributed by atoms with Gasteiger partial charge in [-0.2, -0.15) is 0 Å². The van der Waals surface area contributed by atoms with E-state index in [0.717, 1.165) is 5.69 Å². The number of hydrogen-bond donors (Lipinski definition) is 3. The number of carbonyl (C=O) groups excluding carboxylic acids is 1. The number of fused-ring (bicyclic) bond motifs is 1. The fourth-order valence-electron chi connectivity index (χ4n) is 3.04. The van der Waals surface area contributed by atoms with E-state index in [4.69, 9.17) is 9.47 Å². The highest BCUT2D eigenvalue weighted by Crippen LogP contribution is 2.45. The molecule has 2 rings (SSSR count). The second kappa shape index (κ2) is 8.46. The summed E-state index contributed by atoms with van der Waals surface area (Å²) in [6.07, 6.45) is -0.683. The molecule has 0 saturated carbocycles. The number of rotatable bonds is 9. The monoisotopic (exact) mass is 365 g/mol. The van der Waals surface area contributed by atoms with Crippen molar-refractivity contribution < 1.29 is 19.4 Å². The van der Waals surface area contributed by atoms with Gasteiger partial charge in [0.25, 0.3) is 0 Å². The van der Waals surface area contributed by atoms with Crippen LogP contribution in [0, 0.1) is 4.91 Å². The summed E-state index contributed by atoms with van der Waals surface area (Å²) >= 11 is 0. The van der Waals surface area contributed by atoms with Crippen molar-refractivity contribution in [1.29, 1.82) is 0 Å². The first kappa shape index (κ1) is 20.1. The summed E-state index contributed by atoms with van der Waals surface area (Å²) in [6, 6.07) is 5.68. The Labute approximate surface area is 153 Å². The molecule has 0 radical (unpaired) electrons. The van der Waals surface area contributed by atoms with Crippen LogP contribution in [-0.4, -0.2) is 55.6 Å². The molecule has 1 aromatic carbocycles. The minimum Gasteiger partial charge on any atom is -0.490 e. The minimum absolute atomic E-state index is 0.0896. The lowest BCUT2D eigenvalue weighted by Crippen LogP contribution is -2.41. The molecular weight excluding hydrogens is 338 g/mol. The molecule has 144 valence electrons. The third kappa shape index (κ3) is 4.13. The van der Waals surface area contributed by atoms with E-state index in [2.05, 4.69) is 15.8 Å². The van der Waals surface area contributed by atoms with Crippen molar-refractivity contribution >= 4 is 11.7 Å². The molecule has 1 aromatic rings. The summed E-state index contributed by atoms with van der Waals surface area (Å²) in [7, 11) is 1.23. The summed E-state index contributed by atoms with van der Waals surface area (Å²) in [5.74, 6) is -0.701. The number of ether oxygens (including phenoxy) is 2. The first-order valence-electron chi connectivity index (χ1n) is 8.67. The van der Waals surface area contributed by atoms with Crippen LogP contribution >= 0.6 is 0 Å². The number of aliphatic hydroxyl groups excluding tert-OH is 1. The Morgan fingerprint density at radius 1 is 1.50 bits per heavy atom. The zero-order valence-corrected chi connectivity index (χ0v) is 15.6. The Bertz CT molecular complexity index is 652. The standard InChI is InChI=1S/C18H27N3O5/c1-11(2)19-8-12(22)10-26-15-7-5-6-14-16(15)13(9-20-14)18(3,21-24)17(23)25-4/h5-7,11-13,19-20,22H,8-10H2,1-4H3. The van der Waals surface area contributed by atoms with Crippen LogP contribution in [0.1, 0.15) is 32.3 Å². The van der Waals surface area contributed by atoms with Crippen LogP contribution in [0.5, 0.6) is 5.75 Å². The molecule has 0 bridgehead atoms. The molecule has 3 atom stereocenters. The van der Waals surface area contributed by atoms with E-state index in [-0.39, 0.29) is 12.6 Å². The van der Waals surface area contributed by atoms with Gasteiger partial charge in [-0.05, 0) is 19.1 Å². The van der Waals surface area contributed by atoms with Crippen LogP contribution in [0.2, 0.25) is 0 Å². The summed E-state index contributed by atoms with van der Waals surface area (Å²) in [6.45, 7) is 6.31. The number of methoxy groups -OCH3 is 1. The fourth-order valence-corrected chi connectivity index (χ4v) is 3.04. The van der Waals surface area contributed by atoms with Crippen LogP contribution in [-0.2, 0) is 9.53 Å². The van der Waals surface area contributed by atoms with Crippen LogP contribution in [0.3, 0.4) is 0 Å². The molecule has 1 aliphatic rings. The minimum atomic E-state index is -1.57. The zero-order chi connectivity index (χ0) is 19.3. The van der Waals surface area contributed by atoms with Crippen LogP contribution in [0.4, 0.5) is 5.69 Å². The third-order valence-corrected chi connectivity index (χ3v) is 4.57. The highest BCUT2D eigenvalue weighted by molar-refractivity contribution is 5.84.